The maximum absolute atomic E-state index is 10.2. The molecule has 3 heteroatoms. The van der Waals surface area contributed by atoms with Gasteiger partial charge in [-0.25, -0.2) is 0 Å². The zero-order chi connectivity index (χ0) is 15.6. The molecule has 0 atom stereocenters. The van der Waals surface area contributed by atoms with E-state index in [0.717, 1.165) is 37.0 Å². The van der Waals surface area contributed by atoms with Crippen LogP contribution in [0, 0.1) is 17.2 Å². The normalized spacial score (nSPS) is 21.6. The van der Waals surface area contributed by atoms with Crippen molar-refractivity contribution in [1.29, 1.82) is 5.26 Å². The van der Waals surface area contributed by atoms with E-state index in [1.165, 1.54) is 19.3 Å². The number of aldehydes is 1. The number of rotatable bonds is 7. The first-order valence-electron chi connectivity index (χ1n) is 8.02. The topological polar surface area (TPSA) is 50.1 Å². The number of allylic oxidation sites excluding steroid dienone is 2. The number of carbonyl (C=O) groups excluding carboxylic acids is 1. The molecule has 0 aliphatic heterocycles. The Morgan fingerprint density at radius 3 is 2.55 bits per heavy atom. The largest absolute Gasteiger partial charge is 0.374 e. The van der Waals surface area contributed by atoms with Gasteiger partial charge in [0.05, 0.1) is 24.3 Å². The Morgan fingerprint density at radius 1 is 1.18 bits per heavy atom. The van der Waals surface area contributed by atoms with E-state index in [2.05, 4.69) is 6.07 Å². The minimum atomic E-state index is 0.359. The number of carbonyl (C=O) groups is 1. The summed E-state index contributed by atoms with van der Waals surface area (Å²) in [6.45, 7) is 0.628. The molecule has 22 heavy (non-hydrogen) atoms. The summed E-state index contributed by atoms with van der Waals surface area (Å²) >= 11 is 0. The van der Waals surface area contributed by atoms with Crippen molar-refractivity contribution in [2.45, 2.75) is 51.2 Å². The van der Waals surface area contributed by atoms with Crippen LogP contribution < -0.4 is 0 Å². The summed E-state index contributed by atoms with van der Waals surface area (Å²) in [7, 11) is 0. The average Bonchev–Trinajstić information content (AvgIpc) is 2.58. The van der Waals surface area contributed by atoms with Gasteiger partial charge in [0, 0.05) is 0 Å². The van der Waals surface area contributed by atoms with Crippen molar-refractivity contribution in [3.05, 3.63) is 47.5 Å². The Labute approximate surface area is 132 Å². The van der Waals surface area contributed by atoms with Crippen LogP contribution >= 0.6 is 0 Å². The molecule has 0 radical (unpaired) electrons. The number of nitrogens with zero attached hydrogens (tertiary/aromatic N) is 1. The lowest BCUT2D eigenvalue weighted by molar-refractivity contribution is -0.104. The second-order valence-corrected chi connectivity index (χ2v) is 5.90. The van der Waals surface area contributed by atoms with Gasteiger partial charge in [0.25, 0.3) is 0 Å². The van der Waals surface area contributed by atoms with Gasteiger partial charge in [-0.1, -0.05) is 18.2 Å². The summed E-state index contributed by atoms with van der Waals surface area (Å²) in [5.74, 6) is 0.770. The molecule has 1 aliphatic rings. The van der Waals surface area contributed by atoms with E-state index in [-0.39, 0.29) is 0 Å². The molecular weight excluding hydrogens is 274 g/mol. The molecule has 1 aromatic rings. The van der Waals surface area contributed by atoms with E-state index >= 15 is 0 Å². The van der Waals surface area contributed by atoms with E-state index in [0.29, 0.717) is 18.3 Å². The first-order valence-corrected chi connectivity index (χ1v) is 8.02. The van der Waals surface area contributed by atoms with Crippen LogP contribution in [0.1, 0.15) is 49.7 Å². The second kappa shape index (κ2) is 9.17. The molecule has 0 N–H and O–H groups in total. The molecule has 1 aromatic carbocycles. The highest BCUT2D eigenvalue weighted by atomic mass is 16.5. The minimum Gasteiger partial charge on any atom is -0.374 e. The maximum Gasteiger partial charge on any atom is 0.142 e. The third-order valence-corrected chi connectivity index (χ3v) is 4.32. The lowest BCUT2D eigenvalue weighted by Gasteiger charge is -2.28. The SMILES string of the molecule is N#Cc1ccc(COC2CCC(CC/C=C/C=O)CC2)cc1. The molecule has 2 rings (SSSR count). The Morgan fingerprint density at radius 2 is 1.91 bits per heavy atom. The number of hydrogen-bond acceptors (Lipinski definition) is 3. The first kappa shape index (κ1) is 16.5. The van der Waals surface area contributed by atoms with Crippen molar-refractivity contribution in [3.63, 3.8) is 0 Å². The van der Waals surface area contributed by atoms with Crippen LogP contribution in [0.3, 0.4) is 0 Å². The zero-order valence-electron chi connectivity index (χ0n) is 12.9. The van der Waals surface area contributed by atoms with Gasteiger partial charge in [-0.05, 0) is 68.2 Å². The molecule has 0 spiro atoms. The van der Waals surface area contributed by atoms with E-state index < -0.39 is 0 Å². The summed E-state index contributed by atoms with van der Waals surface area (Å²) in [5, 5.41) is 8.78. The summed E-state index contributed by atoms with van der Waals surface area (Å²) < 4.78 is 5.99. The van der Waals surface area contributed by atoms with Crippen LogP contribution in [0.5, 0.6) is 0 Å². The minimum absolute atomic E-state index is 0.359. The van der Waals surface area contributed by atoms with E-state index in [4.69, 9.17) is 10.00 Å². The Kier molecular flexibility index (Phi) is 6.86. The van der Waals surface area contributed by atoms with Crippen LogP contribution in [0.25, 0.3) is 0 Å². The predicted octanol–water partition coefficient (Wildman–Crippen LogP) is 4.17. The average molecular weight is 297 g/mol. The molecule has 1 saturated carbocycles. The van der Waals surface area contributed by atoms with Crippen LogP contribution in [0.15, 0.2) is 36.4 Å². The van der Waals surface area contributed by atoms with Gasteiger partial charge in [0.1, 0.15) is 6.29 Å². The van der Waals surface area contributed by atoms with E-state index in [1.807, 2.05) is 30.3 Å². The zero-order valence-corrected chi connectivity index (χ0v) is 12.9. The Balaban J connectivity index is 1.65. The van der Waals surface area contributed by atoms with Crippen molar-refractivity contribution < 1.29 is 9.53 Å². The molecule has 3 nitrogen and oxygen atoms in total. The third-order valence-electron chi connectivity index (χ3n) is 4.32. The summed E-state index contributed by atoms with van der Waals surface area (Å²) in [6.07, 6.45) is 11.6. The summed E-state index contributed by atoms with van der Waals surface area (Å²) in [4.78, 5) is 10.2. The van der Waals surface area contributed by atoms with Gasteiger partial charge in [-0.2, -0.15) is 5.26 Å². The highest BCUT2D eigenvalue weighted by Crippen LogP contribution is 2.30. The van der Waals surface area contributed by atoms with Crippen molar-refractivity contribution >= 4 is 6.29 Å². The van der Waals surface area contributed by atoms with Crippen molar-refractivity contribution in [1.82, 2.24) is 0 Å². The molecule has 1 fully saturated rings. The first-order chi connectivity index (χ1) is 10.8. The highest BCUT2D eigenvalue weighted by molar-refractivity contribution is 5.64. The fraction of sp³-hybridized carbons (Fsp3) is 0.474. The molecule has 0 heterocycles. The number of nitriles is 1. The molecule has 116 valence electrons. The number of hydrogen-bond donors (Lipinski definition) is 0. The van der Waals surface area contributed by atoms with Gasteiger partial charge in [0.2, 0.25) is 0 Å². The molecular formula is C19H23NO2. The van der Waals surface area contributed by atoms with Gasteiger partial charge in [-0.15, -0.1) is 0 Å². The number of ether oxygens (including phenoxy) is 1. The maximum atomic E-state index is 10.2. The Hall–Kier alpha value is -1.92. The second-order valence-electron chi connectivity index (χ2n) is 5.90. The van der Waals surface area contributed by atoms with Crippen LogP contribution in [0.2, 0.25) is 0 Å². The predicted molar refractivity (Wildman–Crippen MR) is 86.1 cm³/mol. The van der Waals surface area contributed by atoms with Crippen LogP contribution in [-0.4, -0.2) is 12.4 Å². The van der Waals surface area contributed by atoms with Crippen molar-refractivity contribution in [2.75, 3.05) is 0 Å². The third kappa shape index (κ3) is 5.46. The molecule has 0 aromatic heterocycles. The van der Waals surface area contributed by atoms with Crippen molar-refractivity contribution in [2.24, 2.45) is 5.92 Å². The molecule has 0 saturated heterocycles. The van der Waals surface area contributed by atoms with Gasteiger partial charge < -0.3 is 4.74 Å². The lowest BCUT2D eigenvalue weighted by Crippen LogP contribution is -2.21. The molecule has 0 bridgehead atoms. The molecule has 1 aliphatic carbocycles. The summed E-state index contributed by atoms with van der Waals surface area (Å²) in [5.41, 5.74) is 1.81. The number of benzene rings is 1. The standard InChI is InChI=1S/C19H23NO2/c20-14-17-5-7-18(8-6-17)15-22-19-11-9-16(10-12-19)4-2-1-3-13-21/h1,3,5-8,13,16,19H,2,4,9-12,15H2/b3-1+. The van der Waals surface area contributed by atoms with Crippen LogP contribution in [0.4, 0.5) is 0 Å². The van der Waals surface area contributed by atoms with Gasteiger partial charge in [-0.3, -0.25) is 4.79 Å². The van der Waals surface area contributed by atoms with E-state index in [1.54, 1.807) is 6.08 Å². The molecule has 0 unspecified atom stereocenters. The van der Waals surface area contributed by atoms with Crippen LogP contribution in [-0.2, 0) is 16.1 Å². The van der Waals surface area contributed by atoms with Gasteiger partial charge >= 0.3 is 0 Å². The van der Waals surface area contributed by atoms with Gasteiger partial charge in [0.15, 0.2) is 0 Å². The lowest BCUT2D eigenvalue weighted by atomic mass is 9.84. The highest BCUT2D eigenvalue weighted by Gasteiger charge is 2.21. The monoisotopic (exact) mass is 297 g/mol. The summed E-state index contributed by atoms with van der Waals surface area (Å²) in [6, 6.07) is 9.72. The van der Waals surface area contributed by atoms with Crippen molar-refractivity contribution in [3.8, 4) is 6.07 Å². The fourth-order valence-electron chi connectivity index (χ4n) is 2.96. The van der Waals surface area contributed by atoms with E-state index in [9.17, 15) is 4.79 Å². The smallest absolute Gasteiger partial charge is 0.142 e. The quantitative estimate of drug-likeness (QED) is 0.560. The Bertz CT molecular complexity index is 519. The molecule has 0 amide bonds. The fourth-order valence-corrected chi connectivity index (χ4v) is 2.96.